The lowest BCUT2D eigenvalue weighted by Gasteiger charge is -2.10. The van der Waals surface area contributed by atoms with Crippen molar-refractivity contribution >= 4 is 17.7 Å². The first-order valence-corrected chi connectivity index (χ1v) is 5.92. The van der Waals surface area contributed by atoms with Gasteiger partial charge in [0.05, 0.1) is 11.8 Å². The van der Waals surface area contributed by atoms with Crippen LogP contribution in [0.1, 0.15) is 19.8 Å². The third-order valence-corrected chi connectivity index (χ3v) is 2.53. The van der Waals surface area contributed by atoms with E-state index in [1.54, 1.807) is 11.8 Å². The minimum absolute atomic E-state index is 0.0619. The van der Waals surface area contributed by atoms with Gasteiger partial charge in [-0.2, -0.15) is 0 Å². The molecule has 0 unspecified atom stereocenters. The Hall–Kier alpha value is -0.660. The highest BCUT2D eigenvalue weighted by atomic mass is 32.2. The third-order valence-electron chi connectivity index (χ3n) is 1.67. The Bertz CT molecular complexity index is 201. The summed E-state index contributed by atoms with van der Waals surface area (Å²) in [6.07, 6.45) is 6.75. The van der Waals surface area contributed by atoms with Crippen LogP contribution in [-0.2, 0) is 4.79 Å². The highest BCUT2D eigenvalue weighted by Gasteiger charge is 2.10. The second-order valence-electron chi connectivity index (χ2n) is 2.94. The summed E-state index contributed by atoms with van der Waals surface area (Å²) in [6.45, 7) is 2.65. The van der Waals surface area contributed by atoms with Gasteiger partial charge in [-0.25, -0.2) is 0 Å². The fraction of sp³-hybridized carbons (Fsp3) is 0.700. The van der Waals surface area contributed by atoms with Crippen molar-refractivity contribution in [2.24, 2.45) is 5.73 Å². The van der Waals surface area contributed by atoms with E-state index in [0.29, 0.717) is 12.3 Å². The zero-order valence-corrected chi connectivity index (χ0v) is 9.40. The maximum absolute atomic E-state index is 11.3. The Morgan fingerprint density at radius 2 is 2.43 bits per heavy atom. The minimum Gasteiger partial charge on any atom is -0.354 e. The molecule has 3 N–H and O–H groups in total. The van der Waals surface area contributed by atoms with Crippen molar-refractivity contribution in [3.8, 4) is 12.3 Å². The first kappa shape index (κ1) is 13.3. The lowest BCUT2D eigenvalue weighted by Crippen LogP contribution is -2.41. The Balaban J connectivity index is 3.40. The summed E-state index contributed by atoms with van der Waals surface area (Å²) < 4.78 is 0. The number of amides is 1. The Morgan fingerprint density at radius 3 is 3.00 bits per heavy atom. The molecule has 0 heterocycles. The Kier molecular flexibility index (Phi) is 8.50. The number of hydrogen-bond donors (Lipinski definition) is 2. The van der Waals surface area contributed by atoms with E-state index >= 15 is 0 Å². The zero-order valence-electron chi connectivity index (χ0n) is 8.58. The van der Waals surface area contributed by atoms with Gasteiger partial charge in [0.25, 0.3) is 0 Å². The van der Waals surface area contributed by atoms with E-state index in [-0.39, 0.29) is 11.9 Å². The summed E-state index contributed by atoms with van der Waals surface area (Å²) in [5.74, 6) is 4.00. The molecule has 3 nitrogen and oxygen atoms in total. The molecule has 1 atom stereocenters. The van der Waals surface area contributed by atoms with E-state index in [4.69, 9.17) is 12.2 Å². The van der Waals surface area contributed by atoms with E-state index < -0.39 is 0 Å². The van der Waals surface area contributed by atoms with Gasteiger partial charge in [-0.05, 0) is 6.42 Å². The van der Waals surface area contributed by atoms with Gasteiger partial charge < -0.3 is 11.1 Å². The fourth-order valence-electron chi connectivity index (χ4n) is 0.951. The van der Waals surface area contributed by atoms with E-state index in [1.165, 1.54) is 0 Å². The van der Waals surface area contributed by atoms with Gasteiger partial charge in [0, 0.05) is 12.3 Å². The number of nitrogens with one attached hydrogen (secondary N) is 1. The summed E-state index contributed by atoms with van der Waals surface area (Å²) in [5.41, 5.74) is 5.62. The van der Waals surface area contributed by atoms with Crippen molar-refractivity contribution in [1.29, 1.82) is 0 Å². The molecule has 80 valence electrons. The molecule has 0 aromatic carbocycles. The number of thioether (sulfide) groups is 1. The predicted octanol–water partition coefficient (Wildman–Crippen LogP) is 0.596. The van der Waals surface area contributed by atoms with Gasteiger partial charge in [0.2, 0.25) is 5.91 Å². The molecular weight excluding hydrogens is 196 g/mol. The normalized spacial score (nSPS) is 11.8. The van der Waals surface area contributed by atoms with Crippen molar-refractivity contribution in [2.45, 2.75) is 25.8 Å². The summed E-state index contributed by atoms with van der Waals surface area (Å²) in [4.78, 5) is 11.3. The number of terminal acetylenes is 1. The van der Waals surface area contributed by atoms with Crippen molar-refractivity contribution in [1.82, 2.24) is 5.32 Å². The molecular formula is C10H18N2OS. The van der Waals surface area contributed by atoms with Crippen LogP contribution in [0.5, 0.6) is 0 Å². The number of hydrogen-bond acceptors (Lipinski definition) is 3. The molecule has 0 aromatic rings. The van der Waals surface area contributed by atoms with Crippen molar-refractivity contribution in [2.75, 3.05) is 18.1 Å². The smallest absolute Gasteiger partial charge is 0.236 e. The summed E-state index contributed by atoms with van der Waals surface area (Å²) in [7, 11) is 0. The molecule has 0 rings (SSSR count). The van der Waals surface area contributed by atoms with Crippen LogP contribution in [-0.4, -0.2) is 30.0 Å². The van der Waals surface area contributed by atoms with Crippen molar-refractivity contribution in [3.63, 3.8) is 0 Å². The van der Waals surface area contributed by atoms with Crippen LogP contribution < -0.4 is 11.1 Å². The van der Waals surface area contributed by atoms with Crippen LogP contribution >= 0.6 is 11.8 Å². The molecule has 0 radical (unpaired) electrons. The quantitative estimate of drug-likeness (QED) is 0.482. The molecule has 0 aliphatic rings. The molecule has 0 bridgehead atoms. The third kappa shape index (κ3) is 6.81. The Labute approximate surface area is 90.2 Å². The maximum atomic E-state index is 11.3. The molecule has 0 spiro atoms. The average molecular weight is 214 g/mol. The molecule has 1 amide bonds. The highest BCUT2D eigenvalue weighted by molar-refractivity contribution is 7.99. The zero-order chi connectivity index (χ0) is 10.8. The first-order chi connectivity index (χ1) is 6.72. The van der Waals surface area contributed by atoms with Gasteiger partial charge in [0.15, 0.2) is 0 Å². The molecule has 0 aliphatic heterocycles. The molecule has 0 fully saturated rings. The lowest BCUT2D eigenvalue weighted by atomic mass is 10.2. The fourth-order valence-corrected chi connectivity index (χ4v) is 1.46. The molecule has 0 aliphatic carbocycles. The van der Waals surface area contributed by atoms with Gasteiger partial charge >= 0.3 is 0 Å². The standard InChI is InChI=1S/C10H18N2OS/c1-3-5-9(11)10(13)12-6-8-14-7-4-2/h2,9H,3,5-8,11H2,1H3,(H,12,13)/t9-/m0/s1. The van der Waals surface area contributed by atoms with E-state index in [0.717, 1.165) is 18.6 Å². The highest BCUT2D eigenvalue weighted by Crippen LogP contribution is 1.96. The van der Waals surface area contributed by atoms with Crippen LogP contribution in [0, 0.1) is 12.3 Å². The van der Waals surface area contributed by atoms with Crippen LogP contribution in [0.2, 0.25) is 0 Å². The summed E-state index contributed by atoms with van der Waals surface area (Å²) >= 11 is 1.63. The SMILES string of the molecule is C#CCSCCNC(=O)[C@@H](N)CCC. The van der Waals surface area contributed by atoms with E-state index in [9.17, 15) is 4.79 Å². The topological polar surface area (TPSA) is 55.1 Å². The van der Waals surface area contributed by atoms with E-state index in [2.05, 4.69) is 11.2 Å². The van der Waals surface area contributed by atoms with Gasteiger partial charge in [0.1, 0.15) is 0 Å². The minimum atomic E-state index is -0.363. The van der Waals surface area contributed by atoms with E-state index in [1.807, 2.05) is 6.92 Å². The monoisotopic (exact) mass is 214 g/mol. The number of carbonyl (C=O) groups is 1. The molecule has 0 aromatic heterocycles. The first-order valence-electron chi connectivity index (χ1n) is 4.76. The van der Waals surface area contributed by atoms with Crippen LogP contribution in [0.25, 0.3) is 0 Å². The average Bonchev–Trinajstić information content (AvgIpc) is 2.17. The van der Waals surface area contributed by atoms with Crippen LogP contribution in [0.15, 0.2) is 0 Å². The second-order valence-corrected chi connectivity index (χ2v) is 4.05. The van der Waals surface area contributed by atoms with Crippen molar-refractivity contribution in [3.05, 3.63) is 0 Å². The number of rotatable bonds is 7. The molecule has 0 saturated heterocycles. The number of carbonyl (C=O) groups excluding carboxylic acids is 1. The van der Waals surface area contributed by atoms with Gasteiger partial charge in [-0.1, -0.05) is 19.3 Å². The molecule has 4 heteroatoms. The predicted molar refractivity (Wildman–Crippen MR) is 62.1 cm³/mol. The van der Waals surface area contributed by atoms with Gasteiger partial charge in [-0.15, -0.1) is 18.2 Å². The van der Waals surface area contributed by atoms with Crippen LogP contribution in [0.4, 0.5) is 0 Å². The largest absolute Gasteiger partial charge is 0.354 e. The Morgan fingerprint density at radius 1 is 1.71 bits per heavy atom. The van der Waals surface area contributed by atoms with Crippen molar-refractivity contribution < 1.29 is 4.79 Å². The number of nitrogens with two attached hydrogens (primary N) is 1. The van der Waals surface area contributed by atoms with Gasteiger partial charge in [-0.3, -0.25) is 4.79 Å². The molecule has 14 heavy (non-hydrogen) atoms. The van der Waals surface area contributed by atoms with Crippen LogP contribution in [0.3, 0.4) is 0 Å². The lowest BCUT2D eigenvalue weighted by molar-refractivity contribution is -0.122. The second kappa shape index (κ2) is 8.92. The molecule has 0 saturated carbocycles. The summed E-state index contributed by atoms with van der Waals surface area (Å²) in [6, 6.07) is -0.363. The maximum Gasteiger partial charge on any atom is 0.236 e. The summed E-state index contributed by atoms with van der Waals surface area (Å²) in [5, 5.41) is 2.77.